The Morgan fingerprint density at radius 1 is 0.667 bits per heavy atom. The van der Waals surface area contributed by atoms with E-state index in [1.807, 2.05) is 66.7 Å². The number of hydrogen-bond donors (Lipinski definition) is 0. The molecule has 1 fully saturated rings. The highest BCUT2D eigenvalue weighted by atomic mass is 32.2. The summed E-state index contributed by atoms with van der Waals surface area (Å²) in [7, 11) is -3.37. The third kappa shape index (κ3) is 2.28. The molecule has 0 bridgehead atoms. The summed E-state index contributed by atoms with van der Waals surface area (Å²) in [5, 5.41) is -0.419. The highest BCUT2D eigenvalue weighted by molar-refractivity contribution is 7.92. The van der Waals surface area contributed by atoms with Gasteiger partial charge in [-0.15, -0.1) is 0 Å². The van der Waals surface area contributed by atoms with Crippen LogP contribution in [0.25, 0.3) is 0 Å². The highest BCUT2D eigenvalue weighted by Crippen LogP contribution is 2.58. The third-order valence-electron chi connectivity index (χ3n) is 4.92. The fourth-order valence-corrected chi connectivity index (χ4v) is 5.78. The van der Waals surface area contributed by atoms with Gasteiger partial charge in [0.1, 0.15) is 0 Å². The zero-order chi connectivity index (χ0) is 16.6. The van der Waals surface area contributed by atoms with Gasteiger partial charge in [0.2, 0.25) is 0 Å². The van der Waals surface area contributed by atoms with Gasteiger partial charge in [0, 0.05) is 5.41 Å². The summed E-state index contributed by atoms with van der Waals surface area (Å²) in [5.41, 5.74) is 1.69. The van der Waals surface area contributed by atoms with Crippen LogP contribution in [-0.4, -0.2) is 13.7 Å². The normalized spacial score (nSPS) is 18.9. The Bertz CT molecular complexity index is 893. The van der Waals surface area contributed by atoms with Gasteiger partial charge in [-0.2, -0.15) is 0 Å². The van der Waals surface area contributed by atoms with Gasteiger partial charge in [-0.25, -0.2) is 8.42 Å². The zero-order valence-electron chi connectivity index (χ0n) is 13.2. The lowest BCUT2D eigenvalue weighted by molar-refractivity contribution is 0.591. The molecule has 0 spiro atoms. The lowest BCUT2D eigenvalue weighted by Gasteiger charge is -2.19. The topological polar surface area (TPSA) is 34.1 Å². The molecule has 0 aromatic heterocycles. The molecule has 1 saturated carbocycles. The maximum absolute atomic E-state index is 13.2. The van der Waals surface area contributed by atoms with Crippen molar-refractivity contribution in [3.05, 3.63) is 102 Å². The van der Waals surface area contributed by atoms with Gasteiger partial charge in [0.15, 0.2) is 9.84 Å². The van der Waals surface area contributed by atoms with E-state index in [0.29, 0.717) is 11.3 Å². The van der Waals surface area contributed by atoms with E-state index in [1.165, 1.54) is 0 Å². The fraction of sp³-hybridized carbons (Fsp3) is 0.143. The monoisotopic (exact) mass is 334 g/mol. The number of rotatable bonds is 4. The Kier molecular flexibility index (Phi) is 3.54. The van der Waals surface area contributed by atoms with Crippen LogP contribution in [0, 0.1) is 0 Å². The lowest BCUT2D eigenvalue weighted by Crippen LogP contribution is -2.21. The fourth-order valence-electron chi connectivity index (χ4n) is 3.63. The number of benzene rings is 3. The molecule has 0 radical (unpaired) electrons. The van der Waals surface area contributed by atoms with Gasteiger partial charge in [-0.1, -0.05) is 78.9 Å². The van der Waals surface area contributed by atoms with E-state index in [2.05, 4.69) is 0 Å². The van der Waals surface area contributed by atoms with Gasteiger partial charge < -0.3 is 0 Å². The Balaban J connectivity index is 1.85. The molecule has 4 rings (SSSR count). The van der Waals surface area contributed by atoms with Crippen LogP contribution in [0.5, 0.6) is 0 Å². The SMILES string of the molecule is O=S(=O)(c1ccccc1)[C@@H]1CC1(c1ccccc1)c1ccccc1. The molecule has 0 amide bonds. The Labute approximate surface area is 142 Å². The maximum atomic E-state index is 13.2. The molecule has 3 heteroatoms. The quantitative estimate of drug-likeness (QED) is 0.716. The van der Waals surface area contributed by atoms with Gasteiger partial charge in [-0.05, 0) is 29.7 Å². The maximum Gasteiger partial charge on any atom is 0.182 e. The standard InChI is InChI=1S/C21H18O2S/c22-24(23,19-14-8-3-9-15-19)20-16-21(20,17-10-4-1-5-11-17)18-12-6-2-7-13-18/h1-15,20H,16H2/t20-/m1/s1. The van der Waals surface area contributed by atoms with E-state index in [1.54, 1.807) is 24.3 Å². The molecule has 3 aromatic carbocycles. The molecule has 3 aromatic rings. The second kappa shape index (κ2) is 5.60. The molecular formula is C21H18O2S. The van der Waals surface area contributed by atoms with E-state index in [-0.39, 0.29) is 0 Å². The summed E-state index contributed by atoms with van der Waals surface area (Å²) in [6.07, 6.45) is 0.623. The molecule has 24 heavy (non-hydrogen) atoms. The van der Waals surface area contributed by atoms with E-state index in [4.69, 9.17) is 0 Å². The molecule has 0 heterocycles. The Hall–Kier alpha value is -2.39. The van der Waals surface area contributed by atoms with Crippen LogP contribution in [0.2, 0.25) is 0 Å². The minimum Gasteiger partial charge on any atom is -0.223 e. The minimum absolute atomic E-state index is 0.406. The molecule has 120 valence electrons. The van der Waals surface area contributed by atoms with Gasteiger partial charge >= 0.3 is 0 Å². The van der Waals surface area contributed by atoms with Crippen LogP contribution < -0.4 is 0 Å². The first-order valence-corrected chi connectivity index (χ1v) is 9.60. The first-order chi connectivity index (χ1) is 11.7. The van der Waals surface area contributed by atoms with Crippen LogP contribution in [0.15, 0.2) is 95.9 Å². The van der Waals surface area contributed by atoms with Crippen molar-refractivity contribution >= 4 is 9.84 Å². The highest BCUT2D eigenvalue weighted by Gasteiger charge is 2.63. The molecule has 1 aliphatic rings. The van der Waals surface area contributed by atoms with Crippen molar-refractivity contribution in [2.45, 2.75) is 22.0 Å². The van der Waals surface area contributed by atoms with Gasteiger partial charge in [0.05, 0.1) is 10.1 Å². The number of hydrogen-bond acceptors (Lipinski definition) is 2. The molecule has 0 unspecified atom stereocenters. The average molecular weight is 334 g/mol. The van der Waals surface area contributed by atoms with Crippen molar-refractivity contribution < 1.29 is 8.42 Å². The van der Waals surface area contributed by atoms with Gasteiger partial charge in [-0.3, -0.25) is 0 Å². The largest absolute Gasteiger partial charge is 0.223 e. The molecule has 2 nitrogen and oxygen atoms in total. The molecule has 0 saturated heterocycles. The number of sulfone groups is 1. The molecule has 0 aliphatic heterocycles. The first-order valence-electron chi connectivity index (χ1n) is 8.06. The molecular weight excluding hydrogens is 316 g/mol. The van der Waals surface area contributed by atoms with E-state index in [0.717, 1.165) is 11.1 Å². The summed E-state index contributed by atoms with van der Waals surface area (Å²) in [5.74, 6) is 0. The third-order valence-corrected chi connectivity index (χ3v) is 7.17. The van der Waals surface area contributed by atoms with Crippen molar-refractivity contribution in [1.29, 1.82) is 0 Å². The van der Waals surface area contributed by atoms with E-state index >= 15 is 0 Å². The summed E-state index contributed by atoms with van der Waals surface area (Å²) < 4.78 is 26.3. The Morgan fingerprint density at radius 2 is 1.08 bits per heavy atom. The van der Waals surface area contributed by atoms with Gasteiger partial charge in [0.25, 0.3) is 0 Å². The summed E-state index contributed by atoms with van der Waals surface area (Å²) in [6, 6.07) is 28.8. The van der Waals surface area contributed by atoms with Crippen LogP contribution in [0.1, 0.15) is 17.5 Å². The Morgan fingerprint density at radius 3 is 1.54 bits per heavy atom. The summed E-state index contributed by atoms with van der Waals surface area (Å²) in [4.78, 5) is 0.406. The predicted octanol–water partition coefficient (Wildman–Crippen LogP) is 4.22. The van der Waals surface area contributed by atoms with Crippen molar-refractivity contribution in [3.63, 3.8) is 0 Å². The smallest absolute Gasteiger partial charge is 0.182 e. The van der Waals surface area contributed by atoms with Crippen LogP contribution in [0.4, 0.5) is 0 Å². The molecule has 1 atom stereocenters. The first kappa shape index (κ1) is 15.2. The predicted molar refractivity (Wildman–Crippen MR) is 95.7 cm³/mol. The summed E-state index contributed by atoms with van der Waals surface area (Å²) in [6.45, 7) is 0. The van der Waals surface area contributed by atoms with Crippen molar-refractivity contribution in [3.8, 4) is 0 Å². The van der Waals surface area contributed by atoms with Crippen LogP contribution >= 0.6 is 0 Å². The second-order valence-corrected chi connectivity index (χ2v) is 8.38. The van der Waals surface area contributed by atoms with Crippen molar-refractivity contribution in [1.82, 2.24) is 0 Å². The minimum atomic E-state index is -3.37. The second-order valence-electron chi connectivity index (χ2n) is 6.25. The van der Waals surface area contributed by atoms with Crippen LogP contribution in [-0.2, 0) is 15.3 Å². The average Bonchev–Trinajstić information content (AvgIpc) is 3.42. The van der Waals surface area contributed by atoms with Crippen molar-refractivity contribution in [2.24, 2.45) is 0 Å². The van der Waals surface area contributed by atoms with Crippen molar-refractivity contribution in [2.75, 3.05) is 0 Å². The van der Waals surface area contributed by atoms with E-state index in [9.17, 15) is 8.42 Å². The lowest BCUT2D eigenvalue weighted by atomic mass is 9.88. The molecule has 1 aliphatic carbocycles. The zero-order valence-corrected chi connectivity index (χ0v) is 14.0. The van der Waals surface area contributed by atoms with Crippen LogP contribution in [0.3, 0.4) is 0 Å². The summed E-state index contributed by atoms with van der Waals surface area (Å²) >= 11 is 0. The van der Waals surface area contributed by atoms with E-state index < -0.39 is 20.5 Å². The molecule has 0 N–H and O–H groups in total.